The van der Waals surface area contributed by atoms with Crippen molar-refractivity contribution in [2.45, 2.75) is 52.1 Å². The Kier molecular flexibility index (Phi) is 5.98. The Morgan fingerprint density at radius 3 is 2.41 bits per heavy atom. The van der Waals surface area contributed by atoms with E-state index in [1.807, 2.05) is 0 Å². The Morgan fingerprint density at radius 1 is 1.15 bits per heavy atom. The Balaban J connectivity index is 1.92. The van der Waals surface area contributed by atoms with E-state index >= 15 is 0 Å². The van der Waals surface area contributed by atoms with Crippen LogP contribution in [-0.4, -0.2) is 28.6 Å². The van der Waals surface area contributed by atoms with Gasteiger partial charge >= 0.3 is 5.97 Å². The van der Waals surface area contributed by atoms with Gasteiger partial charge in [-0.25, -0.2) is 4.79 Å². The number of carboxylic acid groups (broad SMARTS) is 1. The van der Waals surface area contributed by atoms with Crippen LogP contribution in [0.15, 0.2) is 42.5 Å². The van der Waals surface area contributed by atoms with E-state index in [0.29, 0.717) is 5.92 Å². The molecule has 0 heterocycles. The maximum atomic E-state index is 11.0. The predicted molar refractivity (Wildman–Crippen MR) is 109 cm³/mol. The molecule has 2 aromatic rings. The van der Waals surface area contributed by atoms with Crippen LogP contribution in [0.1, 0.15) is 72.1 Å². The van der Waals surface area contributed by atoms with Crippen molar-refractivity contribution in [1.82, 2.24) is 4.90 Å². The molecule has 0 amide bonds. The number of carbonyl (C=O) groups is 1. The minimum Gasteiger partial charge on any atom is -0.478 e. The molecule has 0 saturated heterocycles. The van der Waals surface area contributed by atoms with Gasteiger partial charge in [0.2, 0.25) is 0 Å². The minimum atomic E-state index is -0.916. The van der Waals surface area contributed by atoms with Gasteiger partial charge in [-0.2, -0.15) is 0 Å². The summed E-state index contributed by atoms with van der Waals surface area (Å²) in [5, 5.41) is 9.02. The molecule has 2 aromatic carbocycles. The van der Waals surface area contributed by atoms with Crippen LogP contribution in [-0.2, 0) is 6.54 Å². The normalized spacial score (nSPS) is 13.5. The Labute approximate surface area is 162 Å². The van der Waals surface area contributed by atoms with Gasteiger partial charge in [-0.1, -0.05) is 44.7 Å². The lowest BCUT2D eigenvalue weighted by Crippen LogP contribution is -2.26. The molecule has 3 rings (SSSR count). The molecule has 1 aliphatic carbocycles. The van der Waals surface area contributed by atoms with E-state index in [-0.39, 0.29) is 5.56 Å². The predicted octanol–water partition coefficient (Wildman–Crippen LogP) is 4.89. The van der Waals surface area contributed by atoms with Gasteiger partial charge in [0.25, 0.3) is 0 Å². The van der Waals surface area contributed by atoms with Crippen molar-refractivity contribution in [3.63, 3.8) is 0 Å². The van der Waals surface area contributed by atoms with Crippen LogP contribution in [0.4, 0.5) is 0 Å². The van der Waals surface area contributed by atoms with Crippen molar-refractivity contribution in [3.8, 4) is 11.8 Å². The van der Waals surface area contributed by atoms with Crippen LogP contribution in [0.25, 0.3) is 0 Å². The summed E-state index contributed by atoms with van der Waals surface area (Å²) in [6.45, 7) is 8.69. The Hall–Kier alpha value is -2.57. The summed E-state index contributed by atoms with van der Waals surface area (Å²) in [7, 11) is 0. The fraction of sp³-hybridized carbons (Fsp3) is 0.375. The number of aromatic carboxylic acids is 1. The smallest absolute Gasteiger partial charge is 0.335 e. The monoisotopic (exact) mass is 361 g/mol. The molecule has 27 heavy (non-hydrogen) atoms. The van der Waals surface area contributed by atoms with Crippen molar-refractivity contribution in [2.24, 2.45) is 0 Å². The van der Waals surface area contributed by atoms with Crippen LogP contribution < -0.4 is 0 Å². The fourth-order valence-electron chi connectivity index (χ4n) is 3.42. The van der Waals surface area contributed by atoms with Gasteiger partial charge in [0.1, 0.15) is 0 Å². The first-order chi connectivity index (χ1) is 13.0. The molecule has 1 N–H and O–H groups in total. The maximum absolute atomic E-state index is 11.0. The highest BCUT2D eigenvalue weighted by Gasteiger charge is 2.28. The highest BCUT2D eigenvalue weighted by Crippen LogP contribution is 2.31. The van der Waals surface area contributed by atoms with E-state index < -0.39 is 5.97 Å². The van der Waals surface area contributed by atoms with Crippen LogP contribution in [0.5, 0.6) is 0 Å². The van der Waals surface area contributed by atoms with Crippen molar-refractivity contribution in [2.75, 3.05) is 6.54 Å². The molecular formula is C24H27NO2. The Bertz CT molecular complexity index is 867. The molecule has 0 aliphatic heterocycles. The van der Waals surface area contributed by atoms with Gasteiger partial charge in [-0.05, 0) is 66.8 Å². The summed E-state index contributed by atoms with van der Waals surface area (Å²) < 4.78 is 0. The number of carboxylic acids is 1. The second-order valence-electron chi connectivity index (χ2n) is 7.45. The van der Waals surface area contributed by atoms with E-state index in [2.05, 4.69) is 55.7 Å². The molecule has 3 heteroatoms. The average Bonchev–Trinajstić information content (AvgIpc) is 3.50. The number of benzene rings is 2. The quantitative estimate of drug-likeness (QED) is 0.745. The first-order valence-electron chi connectivity index (χ1n) is 9.70. The number of hydrogen-bond donors (Lipinski definition) is 1. The molecule has 0 bridgehead atoms. The third-order valence-corrected chi connectivity index (χ3v) is 5.14. The zero-order valence-electron chi connectivity index (χ0n) is 16.3. The van der Waals surface area contributed by atoms with Gasteiger partial charge in [0.05, 0.1) is 5.56 Å². The van der Waals surface area contributed by atoms with Crippen molar-refractivity contribution < 1.29 is 9.90 Å². The lowest BCUT2D eigenvalue weighted by molar-refractivity contribution is 0.0697. The molecule has 0 unspecified atom stereocenters. The molecule has 1 aliphatic rings. The highest BCUT2D eigenvalue weighted by molar-refractivity contribution is 5.87. The van der Waals surface area contributed by atoms with E-state index in [1.165, 1.54) is 24.0 Å². The average molecular weight is 361 g/mol. The highest BCUT2D eigenvalue weighted by atomic mass is 16.4. The largest absolute Gasteiger partial charge is 0.478 e. The molecule has 1 fully saturated rings. The van der Waals surface area contributed by atoms with Crippen LogP contribution in [0, 0.1) is 11.8 Å². The lowest BCUT2D eigenvalue weighted by atomic mass is 9.92. The van der Waals surface area contributed by atoms with Gasteiger partial charge < -0.3 is 5.11 Å². The molecule has 140 valence electrons. The molecule has 0 radical (unpaired) electrons. The van der Waals surface area contributed by atoms with Crippen LogP contribution >= 0.6 is 0 Å². The van der Waals surface area contributed by atoms with Crippen molar-refractivity contribution in [1.29, 1.82) is 0 Å². The maximum Gasteiger partial charge on any atom is 0.335 e. The molecule has 1 saturated carbocycles. The second-order valence-corrected chi connectivity index (χ2v) is 7.45. The molecule has 0 atom stereocenters. The second kappa shape index (κ2) is 8.41. The lowest BCUT2D eigenvalue weighted by Gasteiger charge is -2.24. The number of rotatable bonds is 6. The zero-order chi connectivity index (χ0) is 19.4. The first kappa shape index (κ1) is 19.2. The Morgan fingerprint density at radius 2 is 1.85 bits per heavy atom. The zero-order valence-corrected chi connectivity index (χ0v) is 16.3. The van der Waals surface area contributed by atoms with E-state index in [1.54, 1.807) is 24.3 Å². The topological polar surface area (TPSA) is 40.5 Å². The molecular weight excluding hydrogens is 334 g/mol. The van der Waals surface area contributed by atoms with E-state index in [9.17, 15) is 4.79 Å². The number of hydrogen-bond acceptors (Lipinski definition) is 2. The summed E-state index contributed by atoms with van der Waals surface area (Å²) in [6.07, 6.45) is 2.60. The molecule has 3 nitrogen and oxygen atoms in total. The summed E-state index contributed by atoms with van der Waals surface area (Å²) in [4.78, 5) is 13.5. The number of nitrogens with zero attached hydrogens (tertiary/aromatic N) is 1. The standard InChI is InChI=1S/C24H27NO2/c1-4-25(21-14-15-21)16-23-19(6-5-7-22(23)17(2)3)11-8-18-9-12-20(13-10-18)24(26)27/h5-7,9-10,12-13,17,21H,4,14-16H2,1-3H3,(H,26,27). The summed E-state index contributed by atoms with van der Waals surface area (Å²) in [5.41, 5.74) is 4.88. The minimum absolute atomic E-state index is 0.283. The fourth-order valence-corrected chi connectivity index (χ4v) is 3.42. The molecule has 0 spiro atoms. The summed E-state index contributed by atoms with van der Waals surface area (Å²) in [5.74, 6) is 6.08. The van der Waals surface area contributed by atoms with E-state index in [0.717, 1.165) is 30.3 Å². The van der Waals surface area contributed by atoms with Crippen molar-refractivity contribution >= 4 is 5.97 Å². The van der Waals surface area contributed by atoms with Crippen LogP contribution in [0.3, 0.4) is 0 Å². The summed E-state index contributed by atoms with van der Waals surface area (Å²) in [6, 6.07) is 13.9. The van der Waals surface area contributed by atoms with Gasteiger partial charge in [0.15, 0.2) is 0 Å². The van der Waals surface area contributed by atoms with Gasteiger partial charge in [0, 0.05) is 23.7 Å². The summed E-state index contributed by atoms with van der Waals surface area (Å²) >= 11 is 0. The van der Waals surface area contributed by atoms with Crippen LogP contribution in [0.2, 0.25) is 0 Å². The van der Waals surface area contributed by atoms with E-state index in [4.69, 9.17) is 5.11 Å². The third kappa shape index (κ3) is 4.78. The molecule has 0 aromatic heterocycles. The third-order valence-electron chi connectivity index (χ3n) is 5.14. The van der Waals surface area contributed by atoms with Crippen molar-refractivity contribution in [3.05, 3.63) is 70.3 Å². The SMILES string of the molecule is CCN(Cc1c(C#Cc2ccc(C(=O)O)cc2)cccc1C(C)C)C1CC1. The first-order valence-corrected chi connectivity index (χ1v) is 9.70. The van der Waals surface area contributed by atoms with Gasteiger partial charge in [-0.15, -0.1) is 0 Å². The van der Waals surface area contributed by atoms with Gasteiger partial charge in [-0.3, -0.25) is 4.90 Å².